The van der Waals surface area contributed by atoms with Crippen LogP contribution in [0.25, 0.3) is 0 Å². The Morgan fingerprint density at radius 2 is 1.74 bits per heavy atom. The highest BCUT2D eigenvalue weighted by Crippen LogP contribution is 2.22. The van der Waals surface area contributed by atoms with Crippen molar-refractivity contribution in [3.8, 4) is 0 Å². The van der Waals surface area contributed by atoms with E-state index in [1.807, 2.05) is 20.8 Å². The zero-order valence-corrected chi connectivity index (χ0v) is 15.0. The maximum atomic E-state index is 11.8. The van der Waals surface area contributed by atoms with E-state index >= 15 is 0 Å². The number of alkyl carbamates (subject to hydrolysis) is 1. The van der Waals surface area contributed by atoms with Crippen molar-refractivity contribution < 1.29 is 14.3 Å². The highest BCUT2D eigenvalue weighted by molar-refractivity contribution is 5.68. The van der Waals surface area contributed by atoms with Crippen molar-refractivity contribution in [2.24, 2.45) is 0 Å². The molecule has 0 saturated heterocycles. The Labute approximate surface area is 140 Å². The van der Waals surface area contributed by atoms with Crippen molar-refractivity contribution in [3.05, 3.63) is 0 Å². The van der Waals surface area contributed by atoms with Gasteiger partial charge in [0.15, 0.2) is 0 Å². The predicted octanol–water partition coefficient (Wildman–Crippen LogP) is 3.37. The SMILES string of the molecule is CC(C)(C)OC(=O)NC1CCC(OCCCNC2CCC2)CC1. The Morgan fingerprint density at radius 3 is 2.30 bits per heavy atom. The van der Waals surface area contributed by atoms with Gasteiger partial charge >= 0.3 is 6.09 Å². The normalized spacial score (nSPS) is 25.7. The minimum absolute atomic E-state index is 0.227. The van der Waals surface area contributed by atoms with Crippen molar-refractivity contribution in [3.63, 3.8) is 0 Å². The van der Waals surface area contributed by atoms with E-state index in [1.54, 1.807) is 0 Å². The van der Waals surface area contributed by atoms with Crippen LogP contribution < -0.4 is 10.6 Å². The first kappa shape index (κ1) is 18.5. The molecular formula is C18H34N2O3. The zero-order valence-electron chi connectivity index (χ0n) is 15.0. The monoisotopic (exact) mass is 326 g/mol. The van der Waals surface area contributed by atoms with Crippen LogP contribution in [0.5, 0.6) is 0 Å². The van der Waals surface area contributed by atoms with Crippen LogP contribution in [0, 0.1) is 0 Å². The smallest absolute Gasteiger partial charge is 0.407 e. The molecule has 0 aromatic heterocycles. The largest absolute Gasteiger partial charge is 0.444 e. The average molecular weight is 326 g/mol. The number of carbonyl (C=O) groups is 1. The lowest BCUT2D eigenvalue weighted by Crippen LogP contribution is -2.42. The van der Waals surface area contributed by atoms with E-state index in [9.17, 15) is 4.79 Å². The Kier molecular flexibility index (Phi) is 7.15. The summed E-state index contributed by atoms with van der Waals surface area (Å²) in [5, 5.41) is 6.53. The molecule has 2 saturated carbocycles. The summed E-state index contributed by atoms with van der Waals surface area (Å²) < 4.78 is 11.3. The summed E-state index contributed by atoms with van der Waals surface area (Å²) in [5.41, 5.74) is -0.433. The standard InChI is InChI=1S/C18H34N2O3/c1-18(2,3)23-17(21)20-15-8-10-16(11-9-15)22-13-5-12-19-14-6-4-7-14/h14-16,19H,4-13H2,1-3H3,(H,20,21). The first-order valence-electron chi connectivity index (χ1n) is 9.27. The van der Waals surface area contributed by atoms with Gasteiger partial charge in [0.25, 0.3) is 0 Å². The fourth-order valence-electron chi connectivity index (χ4n) is 3.09. The highest BCUT2D eigenvalue weighted by Gasteiger charge is 2.25. The number of rotatable bonds is 7. The molecule has 2 aliphatic carbocycles. The molecule has 1 amide bonds. The van der Waals surface area contributed by atoms with Crippen LogP contribution in [0.3, 0.4) is 0 Å². The van der Waals surface area contributed by atoms with E-state index in [-0.39, 0.29) is 12.1 Å². The van der Waals surface area contributed by atoms with Gasteiger partial charge in [-0.2, -0.15) is 0 Å². The number of amides is 1. The van der Waals surface area contributed by atoms with Gasteiger partial charge in [0.2, 0.25) is 0 Å². The summed E-state index contributed by atoms with van der Waals surface area (Å²) in [7, 11) is 0. The lowest BCUT2D eigenvalue weighted by atomic mass is 9.93. The lowest BCUT2D eigenvalue weighted by molar-refractivity contribution is 0.0167. The van der Waals surface area contributed by atoms with Crippen LogP contribution in [0.15, 0.2) is 0 Å². The van der Waals surface area contributed by atoms with E-state index in [0.29, 0.717) is 6.10 Å². The molecule has 2 aliphatic rings. The van der Waals surface area contributed by atoms with Gasteiger partial charge in [-0.25, -0.2) is 4.79 Å². The molecule has 23 heavy (non-hydrogen) atoms. The second-order valence-electron chi connectivity index (χ2n) is 7.93. The maximum Gasteiger partial charge on any atom is 0.407 e. The van der Waals surface area contributed by atoms with Crippen molar-refractivity contribution >= 4 is 6.09 Å². The first-order chi connectivity index (χ1) is 10.9. The van der Waals surface area contributed by atoms with Crippen molar-refractivity contribution in [2.75, 3.05) is 13.2 Å². The van der Waals surface area contributed by atoms with Crippen LogP contribution in [-0.2, 0) is 9.47 Å². The van der Waals surface area contributed by atoms with Gasteiger partial charge in [-0.1, -0.05) is 6.42 Å². The molecule has 0 radical (unpaired) electrons. The van der Waals surface area contributed by atoms with Crippen LogP contribution in [0.1, 0.15) is 72.1 Å². The number of ether oxygens (including phenoxy) is 2. The lowest BCUT2D eigenvalue weighted by Gasteiger charge is -2.30. The van der Waals surface area contributed by atoms with Gasteiger partial charge in [-0.15, -0.1) is 0 Å². The Bertz CT molecular complexity index is 356. The molecule has 0 bridgehead atoms. The van der Waals surface area contributed by atoms with Gasteiger partial charge in [0, 0.05) is 18.7 Å². The summed E-state index contributed by atoms with van der Waals surface area (Å²) in [4.78, 5) is 11.8. The van der Waals surface area contributed by atoms with E-state index in [0.717, 1.165) is 51.3 Å². The Balaban J connectivity index is 1.49. The number of carbonyl (C=O) groups excluding carboxylic acids is 1. The van der Waals surface area contributed by atoms with Crippen LogP contribution in [-0.4, -0.2) is 43.0 Å². The van der Waals surface area contributed by atoms with Crippen LogP contribution >= 0.6 is 0 Å². The van der Waals surface area contributed by atoms with Gasteiger partial charge in [0.05, 0.1) is 6.10 Å². The van der Waals surface area contributed by atoms with Gasteiger partial charge in [0.1, 0.15) is 5.60 Å². The quantitative estimate of drug-likeness (QED) is 0.704. The average Bonchev–Trinajstić information content (AvgIpc) is 2.40. The number of nitrogens with one attached hydrogen (secondary N) is 2. The molecule has 0 atom stereocenters. The third-order valence-electron chi connectivity index (χ3n) is 4.61. The molecule has 5 heteroatoms. The molecule has 0 unspecified atom stereocenters. The van der Waals surface area contributed by atoms with Crippen molar-refractivity contribution in [1.82, 2.24) is 10.6 Å². The predicted molar refractivity (Wildman–Crippen MR) is 91.6 cm³/mol. The number of hydrogen-bond acceptors (Lipinski definition) is 4. The second kappa shape index (κ2) is 8.88. The summed E-state index contributed by atoms with van der Waals surface area (Å²) in [6.07, 6.45) is 9.22. The molecule has 2 rings (SSSR count). The van der Waals surface area contributed by atoms with E-state index in [4.69, 9.17) is 9.47 Å². The third-order valence-corrected chi connectivity index (χ3v) is 4.61. The minimum atomic E-state index is -0.433. The van der Waals surface area contributed by atoms with E-state index in [2.05, 4.69) is 10.6 Å². The molecule has 2 N–H and O–H groups in total. The van der Waals surface area contributed by atoms with Crippen LogP contribution in [0.2, 0.25) is 0 Å². The van der Waals surface area contributed by atoms with Crippen molar-refractivity contribution in [1.29, 1.82) is 0 Å². The fraction of sp³-hybridized carbons (Fsp3) is 0.944. The molecule has 0 heterocycles. The maximum absolute atomic E-state index is 11.8. The molecule has 134 valence electrons. The summed E-state index contributed by atoms with van der Waals surface area (Å²) in [6.45, 7) is 7.57. The molecular weight excluding hydrogens is 292 g/mol. The molecule has 5 nitrogen and oxygen atoms in total. The summed E-state index contributed by atoms with van der Waals surface area (Å²) in [5.74, 6) is 0. The Hall–Kier alpha value is -0.810. The number of hydrogen-bond donors (Lipinski definition) is 2. The first-order valence-corrected chi connectivity index (χ1v) is 9.27. The molecule has 0 spiro atoms. The molecule has 2 fully saturated rings. The molecule has 0 aromatic carbocycles. The molecule has 0 aromatic rings. The van der Waals surface area contributed by atoms with Gasteiger partial charge in [-0.05, 0) is 72.3 Å². The zero-order chi connectivity index (χ0) is 16.7. The topological polar surface area (TPSA) is 59.6 Å². The third kappa shape index (κ3) is 7.53. The fourth-order valence-corrected chi connectivity index (χ4v) is 3.09. The minimum Gasteiger partial charge on any atom is -0.444 e. The second-order valence-corrected chi connectivity index (χ2v) is 7.93. The van der Waals surface area contributed by atoms with E-state index in [1.165, 1.54) is 19.3 Å². The van der Waals surface area contributed by atoms with Crippen molar-refractivity contribution in [2.45, 2.75) is 95.9 Å². The highest BCUT2D eigenvalue weighted by atomic mass is 16.6. The Morgan fingerprint density at radius 1 is 1.04 bits per heavy atom. The molecule has 0 aliphatic heterocycles. The summed E-state index contributed by atoms with van der Waals surface area (Å²) in [6, 6.07) is 0.995. The summed E-state index contributed by atoms with van der Waals surface area (Å²) >= 11 is 0. The van der Waals surface area contributed by atoms with Crippen LogP contribution in [0.4, 0.5) is 4.79 Å². The van der Waals surface area contributed by atoms with Gasteiger partial charge in [-0.3, -0.25) is 0 Å². The van der Waals surface area contributed by atoms with Gasteiger partial charge < -0.3 is 20.1 Å². The van der Waals surface area contributed by atoms with E-state index < -0.39 is 5.60 Å².